The zero-order chi connectivity index (χ0) is 21.0. The third kappa shape index (κ3) is 5.16. The second-order valence-electron chi connectivity index (χ2n) is 5.83. The molecule has 0 amide bonds. The van der Waals surface area contributed by atoms with Gasteiger partial charge in [0.15, 0.2) is 5.82 Å². The third-order valence-corrected chi connectivity index (χ3v) is 5.07. The average Bonchev–Trinajstić information content (AvgIpc) is 2.68. The summed E-state index contributed by atoms with van der Waals surface area (Å²) in [6, 6.07) is 12.1. The summed E-state index contributed by atoms with van der Waals surface area (Å²) in [6.45, 7) is 0.0968. The smallest absolute Gasteiger partial charge is 0.271 e. The Balaban J connectivity index is 1.80. The van der Waals surface area contributed by atoms with Crippen LogP contribution in [0, 0.1) is 10.1 Å². The Kier molecular flexibility index (Phi) is 5.92. The lowest BCUT2D eigenvalue weighted by Crippen LogP contribution is -2.16. The molecule has 0 aliphatic heterocycles. The monoisotopic (exact) mass is 434 g/mol. The quantitative estimate of drug-likeness (QED) is 0.378. The minimum Gasteiger partial charge on any atom is -0.365 e. The topological polar surface area (TPSA) is 153 Å². The number of primary sulfonamides is 1. The Morgan fingerprint density at radius 1 is 1.17 bits per heavy atom. The van der Waals surface area contributed by atoms with Crippen molar-refractivity contribution in [2.24, 2.45) is 5.14 Å². The van der Waals surface area contributed by atoms with E-state index in [1.54, 1.807) is 24.3 Å². The first-order valence-corrected chi connectivity index (χ1v) is 10.0. The van der Waals surface area contributed by atoms with Gasteiger partial charge in [-0.05, 0) is 17.7 Å². The summed E-state index contributed by atoms with van der Waals surface area (Å²) >= 11 is 6.11. The summed E-state index contributed by atoms with van der Waals surface area (Å²) in [5.41, 5.74) is 0.784. The van der Waals surface area contributed by atoms with Crippen molar-refractivity contribution in [3.63, 3.8) is 0 Å². The van der Waals surface area contributed by atoms with Gasteiger partial charge in [-0.25, -0.2) is 18.5 Å². The van der Waals surface area contributed by atoms with Gasteiger partial charge in [0, 0.05) is 24.4 Å². The van der Waals surface area contributed by atoms with Crippen LogP contribution in [0.5, 0.6) is 0 Å². The van der Waals surface area contributed by atoms with Crippen LogP contribution in [-0.2, 0) is 16.6 Å². The molecule has 0 aliphatic rings. The molecule has 150 valence electrons. The van der Waals surface area contributed by atoms with Gasteiger partial charge in [0.1, 0.15) is 5.02 Å². The molecule has 2 aromatic carbocycles. The van der Waals surface area contributed by atoms with Crippen molar-refractivity contribution in [3.05, 3.63) is 75.4 Å². The number of halogens is 1. The number of hydrogen-bond donors (Lipinski definition) is 3. The lowest BCUT2D eigenvalue weighted by Gasteiger charge is -2.12. The summed E-state index contributed by atoms with van der Waals surface area (Å²) in [5.74, 6) is 0.399. The molecule has 0 fully saturated rings. The molecule has 3 aromatic rings. The number of nitro groups is 1. The molecule has 12 heteroatoms. The second-order valence-corrected chi connectivity index (χ2v) is 7.77. The summed E-state index contributed by atoms with van der Waals surface area (Å²) in [4.78, 5) is 18.6. The maximum Gasteiger partial charge on any atom is 0.271 e. The number of anilines is 3. The van der Waals surface area contributed by atoms with Gasteiger partial charge in [0.25, 0.3) is 5.69 Å². The fraction of sp³-hybridized carbons (Fsp3) is 0.0588. The van der Waals surface area contributed by atoms with Crippen LogP contribution in [-0.4, -0.2) is 23.3 Å². The molecule has 0 radical (unpaired) electrons. The van der Waals surface area contributed by atoms with E-state index in [1.807, 2.05) is 0 Å². The number of nitrogens with two attached hydrogens (primary N) is 1. The Morgan fingerprint density at radius 2 is 1.93 bits per heavy atom. The first kappa shape index (κ1) is 20.5. The van der Waals surface area contributed by atoms with Gasteiger partial charge in [-0.1, -0.05) is 35.9 Å². The Labute approximate surface area is 171 Å². The van der Waals surface area contributed by atoms with E-state index < -0.39 is 14.9 Å². The fourth-order valence-electron chi connectivity index (χ4n) is 2.48. The number of hydrogen-bond acceptors (Lipinski definition) is 8. The second kappa shape index (κ2) is 8.39. The number of nitrogens with zero attached hydrogens (tertiary/aromatic N) is 3. The van der Waals surface area contributed by atoms with Crippen LogP contribution in [0.3, 0.4) is 0 Å². The number of benzene rings is 2. The normalized spacial score (nSPS) is 11.1. The van der Waals surface area contributed by atoms with Crippen molar-refractivity contribution in [2.75, 3.05) is 10.6 Å². The van der Waals surface area contributed by atoms with Gasteiger partial charge >= 0.3 is 0 Å². The molecule has 0 atom stereocenters. The SMILES string of the molecule is NS(=O)(=O)c1ccccc1CNc1nc(Nc2cccc([N+](=O)[O-])c2)ncc1Cl. The number of non-ortho nitro benzene ring substituents is 1. The van der Waals surface area contributed by atoms with Crippen molar-refractivity contribution in [2.45, 2.75) is 11.4 Å². The van der Waals surface area contributed by atoms with Crippen molar-refractivity contribution in [1.82, 2.24) is 9.97 Å². The van der Waals surface area contributed by atoms with Gasteiger partial charge in [-0.15, -0.1) is 0 Å². The summed E-state index contributed by atoms with van der Waals surface area (Å²) in [7, 11) is -3.88. The fourth-order valence-corrected chi connectivity index (χ4v) is 3.42. The first-order valence-electron chi connectivity index (χ1n) is 8.12. The van der Waals surface area contributed by atoms with Gasteiger partial charge in [-0.2, -0.15) is 4.98 Å². The van der Waals surface area contributed by atoms with Crippen molar-refractivity contribution in [3.8, 4) is 0 Å². The van der Waals surface area contributed by atoms with E-state index in [0.717, 1.165) is 0 Å². The molecule has 0 saturated heterocycles. The van der Waals surface area contributed by atoms with Crippen molar-refractivity contribution in [1.29, 1.82) is 0 Å². The molecular formula is C17H15ClN6O4S. The lowest BCUT2D eigenvalue weighted by atomic mass is 10.2. The third-order valence-electron chi connectivity index (χ3n) is 3.78. The highest BCUT2D eigenvalue weighted by molar-refractivity contribution is 7.89. The maximum atomic E-state index is 11.7. The van der Waals surface area contributed by atoms with E-state index in [1.165, 1.54) is 30.5 Å². The minimum atomic E-state index is -3.88. The number of nitrogens with one attached hydrogen (secondary N) is 2. The largest absolute Gasteiger partial charge is 0.365 e. The maximum absolute atomic E-state index is 11.7. The predicted octanol–water partition coefficient (Wildman–Crippen LogP) is 3.04. The van der Waals surface area contributed by atoms with Gasteiger partial charge in [-0.3, -0.25) is 10.1 Å². The molecule has 3 rings (SSSR count). The predicted molar refractivity (Wildman–Crippen MR) is 109 cm³/mol. The molecule has 0 spiro atoms. The van der Waals surface area contributed by atoms with Crippen LogP contribution < -0.4 is 15.8 Å². The van der Waals surface area contributed by atoms with Gasteiger partial charge in [0.2, 0.25) is 16.0 Å². The summed E-state index contributed by atoms with van der Waals surface area (Å²) in [6.07, 6.45) is 1.35. The molecule has 10 nitrogen and oxygen atoms in total. The average molecular weight is 435 g/mol. The first-order chi connectivity index (χ1) is 13.7. The molecule has 0 aliphatic carbocycles. The zero-order valence-corrected chi connectivity index (χ0v) is 16.3. The minimum absolute atomic E-state index is 0.00683. The Bertz CT molecular complexity index is 1170. The van der Waals surface area contributed by atoms with Gasteiger partial charge in [0.05, 0.1) is 16.0 Å². The molecule has 0 saturated carbocycles. The zero-order valence-electron chi connectivity index (χ0n) is 14.7. The van der Waals surface area contributed by atoms with Crippen LogP contribution in [0.15, 0.2) is 59.6 Å². The summed E-state index contributed by atoms with van der Waals surface area (Å²) in [5, 5.41) is 22.1. The molecule has 1 heterocycles. The van der Waals surface area contributed by atoms with E-state index in [9.17, 15) is 18.5 Å². The van der Waals surface area contributed by atoms with Crippen molar-refractivity contribution >= 4 is 44.8 Å². The highest BCUT2D eigenvalue weighted by atomic mass is 35.5. The highest BCUT2D eigenvalue weighted by Gasteiger charge is 2.14. The van der Waals surface area contributed by atoms with Crippen LogP contribution in [0.1, 0.15) is 5.56 Å². The van der Waals surface area contributed by atoms with Crippen LogP contribution >= 0.6 is 11.6 Å². The molecular weight excluding hydrogens is 420 g/mol. The number of nitro benzene ring substituents is 1. The van der Waals surface area contributed by atoms with Crippen LogP contribution in [0.4, 0.5) is 23.1 Å². The summed E-state index contributed by atoms with van der Waals surface area (Å²) < 4.78 is 23.4. The molecule has 1 aromatic heterocycles. The standard InChI is InChI=1S/C17H15ClN6O4S/c18-14-10-21-17(22-12-5-3-6-13(8-12)24(25)26)23-16(14)20-9-11-4-1-2-7-15(11)29(19,27)28/h1-8,10H,9H2,(H2,19,27,28)(H2,20,21,22,23). The molecule has 0 unspecified atom stereocenters. The molecule has 29 heavy (non-hydrogen) atoms. The lowest BCUT2D eigenvalue weighted by molar-refractivity contribution is -0.384. The van der Waals surface area contributed by atoms with Crippen LogP contribution in [0.2, 0.25) is 5.02 Å². The Morgan fingerprint density at radius 3 is 2.66 bits per heavy atom. The van der Waals surface area contributed by atoms with Crippen molar-refractivity contribution < 1.29 is 13.3 Å². The van der Waals surface area contributed by atoms with E-state index in [4.69, 9.17) is 16.7 Å². The number of sulfonamides is 1. The molecule has 0 bridgehead atoms. The highest BCUT2D eigenvalue weighted by Crippen LogP contribution is 2.24. The van der Waals surface area contributed by atoms with E-state index >= 15 is 0 Å². The molecule has 4 N–H and O–H groups in total. The van der Waals surface area contributed by atoms with Crippen LogP contribution in [0.25, 0.3) is 0 Å². The van der Waals surface area contributed by atoms with E-state index in [-0.39, 0.29) is 33.9 Å². The van der Waals surface area contributed by atoms with E-state index in [2.05, 4.69) is 20.6 Å². The Hall–Kier alpha value is -3.28. The number of aromatic nitrogens is 2. The number of rotatable bonds is 7. The van der Waals surface area contributed by atoms with E-state index in [0.29, 0.717) is 11.3 Å². The van der Waals surface area contributed by atoms with Gasteiger partial charge < -0.3 is 10.6 Å².